The molecule has 2 aliphatic rings. The molecule has 29 heavy (non-hydrogen) atoms. The van der Waals surface area contributed by atoms with Crippen molar-refractivity contribution < 1.29 is 28.4 Å². The first-order valence-corrected chi connectivity index (χ1v) is 9.49. The molecule has 2 saturated heterocycles. The highest BCUT2D eigenvalue weighted by Gasteiger charge is 2.24. The SMILES string of the molecule is c1cc(OCC2CO2)cc(Oc2cccc(Oc3cccc(OC4CO4)c3)c2)c1. The van der Waals surface area contributed by atoms with Gasteiger partial charge in [0, 0.05) is 18.2 Å². The molecule has 0 aromatic heterocycles. The fourth-order valence-corrected chi connectivity index (χ4v) is 2.72. The third-order valence-electron chi connectivity index (χ3n) is 4.30. The summed E-state index contributed by atoms with van der Waals surface area (Å²) in [5.41, 5.74) is 0. The molecule has 0 spiro atoms. The largest absolute Gasteiger partial charge is 0.491 e. The molecule has 0 aliphatic carbocycles. The maximum absolute atomic E-state index is 5.97. The fraction of sp³-hybridized carbons (Fsp3) is 0.217. The van der Waals surface area contributed by atoms with E-state index >= 15 is 0 Å². The smallest absolute Gasteiger partial charge is 0.223 e. The molecular formula is C23H20O6. The summed E-state index contributed by atoms with van der Waals surface area (Å²) in [5, 5.41) is 0. The van der Waals surface area contributed by atoms with Crippen LogP contribution in [0.1, 0.15) is 0 Å². The average molecular weight is 392 g/mol. The van der Waals surface area contributed by atoms with Gasteiger partial charge in [-0.3, -0.25) is 0 Å². The normalized spacial score (nSPS) is 19.3. The Morgan fingerprint density at radius 2 is 1.14 bits per heavy atom. The van der Waals surface area contributed by atoms with Crippen molar-refractivity contribution in [3.63, 3.8) is 0 Å². The molecule has 148 valence electrons. The van der Waals surface area contributed by atoms with Gasteiger partial charge in [-0.05, 0) is 36.4 Å². The van der Waals surface area contributed by atoms with E-state index in [1.54, 1.807) is 0 Å². The number of rotatable bonds is 9. The summed E-state index contributed by atoms with van der Waals surface area (Å²) in [5.74, 6) is 4.17. The molecule has 2 heterocycles. The predicted molar refractivity (Wildman–Crippen MR) is 105 cm³/mol. The lowest BCUT2D eigenvalue weighted by Crippen LogP contribution is -2.03. The van der Waals surface area contributed by atoms with Gasteiger partial charge in [0.2, 0.25) is 6.29 Å². The Morgan fingerprint density at radius 1 is 0.655 bits per heavy atom. The van der Waals surface area contributed by atoms with E-state index in [9.17, 15) is 0 Å². The molecule has 0 bridgehead atoms. The summed E-state index contributed by atoms with van der Waals surface area (Å²) < 4.78 is 33.5. The van der Waals surface area contributed by atoms with Crippen LogP contribution in [-0.4, -0.2) is 32.2 Å². The second-order valence-electron chi connectivity index (χ2n) is 6.78. The maximum Gasteiger partial charge on any atom is 0.223 e. The highest BCUT2D eigenvalue weighted by molar-refractivity contribution is 5.42. The van der Waals surface area contributed by atoms with Crippen LogP contribution in [0.2, 0.25) is 0 Å². The Hall–Kier alpha value is -3.22. The highest BCUT2D eigenvalue weighted by atomic mass is 16.8. The molecule has 2 fully saturated rings. The van der Waals surface area contributed by atoms with E-state index in [1.165, 1.54) is 0 Å². The Balaban J connectivity index is 1.24. The molecule has 2 aliphatic heterocycles. The molecule has 0 saturated carbocycles. The molecule has 6 nitrogen and oxygen atoms in total. The van der Waals surface area contributed by atoms with Gasteiger partial charge in [-0.2, -0.15) is 0 Å². The first-order chi connectivity index (χ1) is 14.3. The van der Waals surface area contributed by atoms with E-state index in [-0.39, 0.29) is 12.4 Å². The lowest BCUT2D eigenvalue weighted by atomic mass is 10.3. The zero-order valence-electron chi connectivity index (χ0n) is 15.7. The highest BCUT2D eigenvalue weighted by Crippen LogP contribution is 2.31. The molecule has 0 N–H and O–H groups in total. The summed E-state index contributed by atoms with van der Waals surface area (Å²) >= 11 is 0. The number of epoxide rings is 2. The minimum atomic E-state index is -0.140. The van der Waals surface area contributed by atoms with Gasteiger partial charge in [-0.1, -0.05) is 18.2 Å². The number of hydrogen-bond donors (Lipinski definition) is 0. The van der Waals surface area contributed by atoms with E-state index in [2.05, 4.69) is 0 Å². The third-order valence-corrected chi connectivity index (χ3v) is 4.30. The quantitative estimate of drug-likeness (QED) is 0.488. The fourth-order valence-electron chi connectivity index (χ4n) is 2.72. The standard InChI is InChI=1S/C23H20O6/c1-4-16(24-13-22-14-25-22)10-17(5-1)27-18-6-2-7-19(11-18)28-20-8-3-9-21(12-20)29-23-15-26-23/h1-12,22-23H,13-15H2. The van der Waals surface area contributed by atoms with Crippen LogP contribution in [0.3, 0.4) is 0 Å². The lowest BCUT2D eigenvalue weighted by molar-refractivity contribution is 0.179. The summed E-state index contributed by atoms with van der Waals surface area (Å²) in [6, 6.07) is 22.5. The van der Waals surface area contributed by atoms with E-state index in [1.807, 2.05) is 72.8 Å². The van der Waals surface area contributed by atoms with Crippen molar-refractivity contribution in [2.45, 2.75) is 12.4 Å². The van der Waals surface area contributed by atoms with Crippen LogP contribution in [-0.2, 0) is 9.47 Å². The molecular weight excluding hydrogens is 372 g/mol. The lowest BCUT2D eigenvalue weighted by Gasteiger charge is -2.11. The number of hydrogen-bond acceptors (Lipinski definition) is 6. The van der Waals surface area contributed by atoms with E-state index in [0.29, 0.717) is 42.0 Å². The second-order valence-corrected chi connectivity index (χ2v) is 6.78. The Bertz CT molecular complexity index is 980. The average Bonchev–Trinajstić information content (AvgIpc) is 3.63. The van der Waals surface area contributed by atoms with Gasteiger partial charge in [0.1, 0.15) is 53.8 Å². The van der Waals surface area contributed by atoms with E-state index in [4.69, 9.17) is 28.4 Å². The van der Waals surface area contributed by atoms with Crippen LogP contribution in [0, 0.1) is 0 Å². The minimum Gasteiger partial charge on any atom is -0.491 e. The van der Waals surface area contributed by atoms with Gasteiger partial charge in [0.25, 0.3) is 0 Å². The van der Waals surface area contributed by atoms with Crippen LogP contribution >= 0.6 is 0 Å². The maximum atomic E-state index is 5.97. The molecule has 2 atom stereocenters. The monoisotopic (exact) mass is 392 g/mol. The van der Waals surface area contributed by atoms with Crippen LogP contribution < -0.4 is 18.9 Å². The Labute approximate surface area is 168 Å². The van der Waals surface area contributed by atoms with E-state index in [0.717, 1.165) is 12.4 Å². The van der Waals surface area contributed by atoms with Crippen molar-refractivity contribution >= 4 is 0 Å². The molecule has 0 radical (unpaired) electrons. The first kappa shape index (κ1) is 17.8. The third kappa shape index (κ3) is 5.19. The van der Waals surface area contributed by atoms with Gasteiger partial charge >= 0.3 is 0 Å². The molecule has 2 unspecified atom stereocenters. The van der Waals surface area contributed by atoms with Crippen molar-refractivity contribution in [3.05, 3.63) is 72.8 Å². The Morgan fingerprint density at radius 3 is 1.69 bits per heavy atom. The van der Waals surface area contributed by atoms with Crippen molar-refractivity contribution in [3.8, 4) is 34.5 Å². The van der Waals surface area contributed by atoms with Gasteiger partial charge in [0.05, 0.1) is 6.61 Å². The molecule has 6 heteroatoms. The van der Waals surface area contributed by atoms with Crippen molar-refractivity contribution in [2.75, 3.05) is 19.8 Å². The van der Waals surface area contributed by atoms with E-state index < -0.39 is 0 Å². The van der Waals surface area contributed by atoms with Gasteiger partial charge < -0.3 is 28.4 Å². The zero-order chi connectivity index (χ0) is 19.5. The predicted octanol–water partition coefficient (Wildman–Crippen LogP) is 4.78. The van der Waals surface area contributed by atoms with Gasteiger partial charge in [-0.15, -0.1) is 0 Å². The second kappa shape index (κ2) is 8.03. The van der Waals surface area contributed by atoms with Crippen LogP contribution in [0.25, 0.3) is 0 Å². The van der Waals surface area contributed by atoms with Crippen molar-refractivity contribution in [1.29, 1.82) is 0 Å². The van der Waals surface area contributed by atoms with Crippen LogP contribution in [0.15, 0.2) is 72.8 Å². The Kier molecular flexibility index (Phi) is 4.94. The minimum absolute atomic E-state index is 0.140. The first-order valence-electron chi connectivity index (χ1n) is 9.49. The van der Waals surface area contributed by atoms with Gasteiger partial charge in [0.15, 0.2) is 0 Å². The van der Waals surface area contributed by atoms with Crippen LogP contribution in [0.5, 0.6) is 34.5 Å². The molecule has 0 amide bonds. The summed E-state index contributed by atoms with van der Waals surface area (Å²) in [4.78, 5) is 0. The summed E-state index contributed by atoms with van der Waals surface area (Å²) in [7, 11) is 0. The zero-order valence-corrected chi connectivity index (χ0v) is 15.7. The summed E-state index contributed by atoms with van der Waals surface area (Å²) in [6.45, 7) is 1.96. The van der Waals surface area contributed by atoms with Gasteiger partial charge in [-0.25, -0.2) is 0 Å². The number of ether oxygens (including phenoxy) is 6. The van der Waals surface area contributed by atoms with Crippen molar-refractivity contribution in [2.24, 2.45) is 0 Å². The molecule has 3 aromatic rings. The molecule has 3 aromatic carbocycles. The topological polar surface area (TPSA) is 62.0 Å². The number of benzene rings is 3. The van der Waals surface area contributed by atoms with Crippen LogP contribution in [0.4, 0.5) is 0 Å². The summed E-state index contributed by atoms with van der Waals surface area (Å²) in [6.07, 6.45) is 0.0765. The van der Waals surface area contributed by atoms with Crippen molar-refractivity contribution in [1.82, 2.24) is 0 Å². The molecule has 5 rings (SSSR count).